The highest BCUT2D eigenvalue weighted by Gasteiger charge is 2.18. The van der Waals surface area contributed by atoms with Crippen LogP contribution in [0.3, 0.4) is 0 Å². The average Bonchev–Trinajstić information content (AvgIpc) is 4.16. The van der Waals surface area contributed by atoms with Crippen LogP contribution in [0.25, 0.3) is 127 Å². The number of hydrogen-bond acceptors (Lipinski definition) is 2. The summed E-state index contributed by atoms with van der Waals surface area (Å²) in [6.45, 7) is 0. The quantitative estimate of drug-likeness (QED) is 0.136. The molecule has 0 amide bonds. The molecule has 15 aromatic rings. The zero-order chi connectivity index (χ0) is 52.2. The van der Waals surface area contributed by atoms with Crippen molar-refractivity contribution in [2.24, 2.45) is 0 Å². The van der Waals surface area contributed by atoms with Crippen LogP contribution in [0.1, 0.15) is 0 Å². The third kappa shape index (κ3) is 8.33. The van der Waals surface area contributed by atoms with E-state index in [1.54, 1.807) is 0 Å². The molecule has 0 saturated heterocycles. The highest BCUT2D eigenvalue weighted by molar-refractivity contribution is 6.10. The number of furan rings is 1. The Hall–Kier alpha value is -10.5. The van der Waals surface area contributed by atoms with E-state index < -0.39 is 0 Å². The molecule has 0 spiro atoms. The first kappa shape index (κ1) is 45.9. The van der Waals surface area contributed by atoms with Crippen molar-refractivity contribution < 1.29 is 4.42 Å². The minimum Gasteiger partial charge on any atom is -0.455 e. The Morgan fingerprint density at radius 3 is 1.27 bits per heavy atom. The highest BCUT2D eigenvalue weighted by atomic mass is 16.3. The number of fused-ring (bicyclic) bond motifs is 7. The zero-order valence-electron chi connectivity index (χ0n) is 43.2. The first-order chi connectivity index (χ1) is 39.1. The topological polar surface area (TPSA) is 21.3 Å². The van der Waals surface area contributed by atoms with E-state index in [0.717, 1.165) is 83.6 Å². The molecule has 370 valence electrons. The molecule has 2 aromatic heterocycles. The molecule has 0 aliphatic rings. The number of hydrogen-bond donors (Lipinski definition) is 0. The summed E-state index contributed by atoms with van der Waals surface area (Å²) < 4.78 is 8.85. The Morgan fingerprint density at radius 2 is 0.658 bits per heavy atom. The number of aromatic nitrogens is 1. The second-order valence-corrected chi connectivity index (χ2v) is 20.5. The summed E-state index contributed by atoms with van der Waals surface area (Å²) in [7, 11) is 0. The average molecular weight is 1010 g/mol. The number of benzene rings is 13. The van der Waals surface area contributed by atoms with Gasteiger partial charge in [0.15, 0.2) is 0 Å². The summed E-state index contributed by atoms with van der Waals surface area (Å²) in [6.07, 6.45) is 0. The van der Waals surface area contributed by atoms with Gasteiger partial charge in [0, 0.05) is 49.9 Å². The van der Waals surface area contributed by atoms with E-state index in [0.29, 0.717) is 0 Å². The maximum absolute atomic E-state index is 6.47. The van der Waals surface area contributed by atoms with E-state index in [9.17, 15) is 0 Å². The van der Waals surface area contributed by atoms with Crippen molar-refractivity contribution in [3.8, 4) is 72.4 Å². The number of nitrogens with zero attached hydrogens (tertiary/aromatic N) is 2. The molecule has 3 nitrogen and oxygen atoms in total. The summed E-state index contributed by atoms with van der Waals surface area (Å²) in [5, 5.41) is 7.24. The van der Waals surface area contributed by atoms with Gasteiger partial charge in [-0.05, 0) is 163 Å². The van der Waals surface area contributed by atoms with Crippen molar-refractivity contribution in [1.82, 2.24) is 4.57 Å². The summed E-state index contributed by atoms with van der Waals surface area (Å²) in [4.78, 5) is 2.36. The number of rotatable bonds is 10. The van der Waals surface area contributed by atoms with Crippen molar-refractivity contribution in [3.05, 3.63) is 303 Å². The van der Waals surface area contributed by atoms with Gasteiger partial charge in [-0.1, -0.05) is 212 Å². The lowest BCUT2D eigenvalue weighted by atomic mass is 9.95. The molecule has 0 aliphatic carbocycles. The Balaban J connectivity index is 0.772. The molecule has 0 saturated carbocycles. The van der Waals surface area contributed by atoms with Crippen LogP contribution < -0.4 is 4.90 Å². The SMILES string of the molecule is c1ccc(-c2ccc3ccc(-c4cccc(-c5ccc(N(c6ccc(-c7cccc(-c8cccc9c8oc8ccccc89)c7)cc6)c6ccc(-c7cccc(-n8c9ccccc9c9ccccc98)c7)cc6)cc5)c4)cc3c2)cc1. The Labute approximate surface area is 458 Å². The first-order valence-electron chi connectivity index (χ1n) is 27.0. The van der Waals surface area contributed by atoms with Crippen LogP contribution in [0.5, 0.6) is 0 Å². The molecule has 3 heteroatoms. The Bertz CT molecular complexity index is 4700. The Morgan fingerprint density at radius 1 is 0.253 bits per heavy atom. The van der Waals surface area contributed by atoms with Gasteiger partial charge in [0.2, 0.25) is 0 Å². The predicted molar refractivity (Wildman–Crippen MR) is 333 cm³/mol. The van der Waals surface area contributed by atoms with Crippen LogP contribution in [0, 0.1) is 0 Å². The predicted octanol–water partition coefficient (Wildman–Crippen LogP) is 21.3. The van der Waals surface area contributed by atoms with E-state index in [4.69, 9.17) is 4.42 Å². The first-order valence-corrected chi connectivity index (χ1v) is 27.0. The lowest BCUT2D eigenvalue weighted by molar-refractivity contribution is 0.670. The lowest BCUT2D eigenvalue weighted by Gasteiger charge is -2.26. The zero-order valence-corrected chi connectivity index (χ0v) is 43.2. The van der Waals surface area contributed by atoms with E-state index >= 15 is 0 Å². The van der Waals surface area contributed by atoms with Gasteiger partial charge in [-0.25, -0.2) is 0 Å². The fraction of sp³-hybridized carbons (Fsp3) is 0. The van der Waals surface area contributed by atoms with Crippen molar-refractivity contribution in [2.45, 2.75) is 0 Å². The van der Waals surface area contributed by atoms with Gasteiger partial charge >= 0.3 is 0 Å². The third-order valence-corrected chi connectivity index (χ3v) is 15.8. The van der Waals surface area contributed by atoms with Gasteiger partial charge in [-0.3, -0.25) is 0 Å². The maximum atomic E-state index is 6.47. The van der Waals surface area contributed by atoms with Gasteiger partial charge in [0.1, 0.15) is 11.2 Å². The van der Waals surface area contributed by atoms with Crippen molar-refractivity contribution in [1.29, 1.82) is 0 Å². The van der Waals surface area contributed by atoms with Crippen molar-refractivity contribution >= 4 is 71.6 Å². The molecular formula is C76H50N2O. The second-order valence-electron chi connectivity index (χ2n) is 20.5. The van der Waals surface area contributed by atoms with Crippen LogP contribution in [0.4, 0.5) is 17.1 Å². The van der Waals surface area contributed by atoms with Gasteiger partial charge in [-0.2, -0.15) is 0 Å². The van der Waals surface area contributed by atoms with Gasteiger partial charge in [0.25, 0.3) is 0 Å². The van der Waals surface area contributed by atoms with Crippen molar-refractivity contribution in [2.75, 3.05) is 4.90 Å². The number of para-hydroxylation sites is 4. The molecule has 0 atom stereocenters. The smallest absolute Gasteiger partial charge is 0.143 e. The maximum Gasteiger partial charge on any atom is 0.143 e. The number of anilines is 3. The van der Waals surface area contributed by atoms with Crippen molar-refractivity contribution in [3.63, 3.8) is 0 Å². The summed E-state index contributed by atoms with van der Waals surface area (Å²) >= 11 is 0. The molecule has 13 aromatic carbocycles. The van der Waals surface area contributed by atoms with Crippen LogP contribution in [-0.2, 0) is 0 Å². The molecule has 0 fully saturated rings. The molecular weight excluding hydrogens is 957 g/mol. The Kier molecular flexibility index (Phi) is 11.2. The minimum atomic E-state index is 0.902. The molecule has 0 N–H and O–H groups in total. The molecule has 0 unspecified atom stereocenters. The van der Waals surface area contributed by atoms with Crippen LogP contribution in [0.15, 0.2) is 308 Å². The van der Waals surface area contributed by atoms with E-state index in [1.165, 1.54) is 60.4 Å². The van der Waals surface area contributed by atoms with E-state index in [-0.39, 0.29) is 0 Å². The van der Waals surface area contributed by atoms with E-state index in [1.807, 2.05) is 12.1 Å². The normalized spacial score (nSPS) is 11.5. The molecule has 0 aliphatic heterocycles. The molecule has 2 heterocycles. The minimum absolute atomic E-state index is 0.902. The molecule has 0 radical (unpaired) electrons. The largest absolute Gasteiger partial charge is 0.455 e. The highest BCUT2D eigenvalue weighted by Crippen LogP contribution is 2.41. The summed E-state index contributed by atoms with van der Waals surface area (Å²) in [6, 6.07) is 110. The third-order valence-electron chi connectivity index (χ3n) is 15.8. The molecule has 79 heavy (non-hydrogen) atoms. The van der Waals surface area contributed by atoms with Gasteiger partial charge in [0.05, 0.1) is 11.0 Å². The van der Waals surface area contributed by atoms with Crippen LogP contribution in [-0.4, -0.2) is 4.57 Å². The fourth-order valence-electron chi connectivity index (χ4n) is 11.8. The monoisotopic (exact) mass is 1010 g/mol. The van der Waals surface area contributed by atoms with Gasteiger partial charge < -0.3 is 13.9 Å². The van der Waals surface area contributed by atoms with Crippen LogP contribution in [0.2, 0.25) is 0 Å². The second kappa shape index (κ2) is 19.3. The van der Waals surface area contributed by atoms with E-state index in [2.05, 4.69) is 301 Å². The van der Waals surface area contributed by atoms with Gasteiger partial charge in [-0.15, -0.1) is 0 Å². The standard InChI is InChI=1S/C76H50N2O/c1-2-14-51(15-3-1)60-32-30-55-31-33-61(49-63(55)48-60)58-18-10-16-56(46-58)52-34-40-64(41-35-52)77(65-42-36-53(37-43-65)57-17-11-20-62(47-57)68-25-13-26-72-71-24-6-9-29-75(71)79-76(68)72)66-44-38-54(39-45-66)59-19-12-21-67(50-59)78-73-27-7-4-22-69(73)70-23-5-8-28-74(70)78/h1-50H. The van der Waals surface area contributed by atoms with Crippen LogP contribution >= 0.6 is 0 Å². The molecule has 0 bridgehead atoms. The lowest BCUT2D eigenvalue weighted by Crippen LogP contribution is -2.09. The summed E-state index contributed by atoms with van der Waals surface area (Å²) in [5.74, 6) is 0. The fourth-order valence-corrected chi connectivity index (χ4v) is 11.8. The molecule has 15 rings (SSSR count). The summed E-state index contributed by atoms with van der Waals surface area (Å²) in [5.41, 5.74) is 22.5.